The fraction of sp³-hybridized carbons (Fsp3) is 0.300. The third-order valence-corrected chi connectivity index (χ3v) is 5.03. The summed E-state index contributed by atoms with van der Waals surface area (Å²) in [5.41, 5.74) is 1.23. The first-order chi connectivity index (χ1) is 13.5. The Labute approximate surface area is 167 Å². The zero-order valence-electron chi connectivity index (χ0n) is 16.0. The summed E-state index contributed by atoms with van der Waals surface area (Å²) in [5.74, 6) is 0.493. The lowest BCUT2D eigenvalue weighted by Crippen LogP contribution is -2.36. The zero-order valence-corrected chi connectivity index (χ0v) is 16.8. The molecular formula is C20H22N4O3S. The molecule has 0 aliphatic rings. The molecule has 1 atom stereocenters. The highest BCUT2D eigenvalue weighted by Gasteiger charge is 2.17. The molecule has 0 aliphatic heterocycles. The number of nitrogens with one attached hydrogen (secondary N) is 1. The molecule has 7 nitrogen and oxygen atoms in total. The number of hydrogen-bond acceptors (Lipinski definition) is 6. The number of carbonyl (C=O) groups excluding carboxylic acids is 1. The minimum atomic E-state index is -0.206. The molecule has 0 bridgehead atoms. The normalized spacial score (nSPS) is 12.1. The number of amides is 1. The fourth-order valence-electron chi connectivity index (χ4n) is 2.85. The van der Waals surface area contributed by atoms with Crippen molar-refractivity contribution in [2.75, 3.05) is 19.5 Å². The van der Waals surface area contributed by atoms with Gasteiger partial charge in [-0.3, -0.25) is 9.59 Å². The quantitative estimate of drug-likeness (QED) is 0.486. The number of fused-ring (bicyclic) bond motifs is 1. The number of methoxy groups -OCH3 is 1. The third kappa shape index (κ3) is 4.40. The van der Waals surface area contributed by atoms with Crippen molar-refractivity contribution in [2.24, 2.45) is 0 Å². The number of nitrogens with zero attached hydrogens (tertiary/aromatic N) is 3. The summed E-state index contributed by atoms with van der Waals surface area (Å²) in [6, 6.07) is 10.8. The molecule has 0 saturated heterocycles. The zero-order chi connectivity index (χ0) is 20.1. The number of carbonyl (C=O) groups is 1. The molecule has 1 N–H and O–H groups in total. The summed E-state index contributed by atoms with van der Waals surface area (Å²) in [6.45, 7) is 4.19. The molecule has 2 heterocycles. The number of rotatable bonds is 7. The van der Waals surface area contributed by atoms with E-state index in [1.54, 1.807) is 31.5 Å². The molecule has 0 saturated carbocycles. The van der Waals surface area contributed by atoms with Crippen LogP contribution in [0.5, 0.6) is 0 Å². The van der Waals surface area contributed by atoms with E-state index in [-0.39, 0.29) is 23.3 Å². The Bertz CT molecular complexity index is 1050. The van der Waals surface area contributed by atoms with E-state index in [0.29, 0.717) is 28.5 Å². The summed E-state index contributed by atoms with van der Waals surface area (Å²) in [6.07, 6.45) is 1.64. The van der Waals surface area contributed by atoms with Crippen LogP contribution in [0.2, 0.25) is 0 Å². The molecule has 146 valence electrons. The minimum Gasteiger partial charge on any atom is -0.383 e. The number of para-hydroxylation sites is 1. The van der Waals surface area contributed by atoms with Crippen LogP contribution < -0.4 is 10.9 Å². The van der Waals surface area contributed by atoms with Gasteiger partial charge in [0.2, 0.25) is 5.91 Å². The van der Waals surface area contributed by atoms with Crippen molar-refractivity contribution in [3.63, 3.8) is 0 Å². The van der Waals surface area contributed by atoms with E-state index in [1.165, 1.54) is 16.3 Å². The van der Waals surface area contributed by atoms with E-state index in [4.69, 9.17) is 4.74 Å². The molecule has 2 aromatic heterocycles. The molecule has 0 spiro atoms. The molecule has 28 heavy (non-hydrogen) atoms. The van der Waals surface area contributed by atoms with Crippen molar-refractivity contribution in [3.05, 3.63) is 58.5 Å². The van der Waals surface area contributed by atoms with Crippen LogP contribution in [0.25, 0.3) is 16.7 Å². The van der Waals surface area contributed by atoms with Crippen molar-refractivity contribution in [2.45, 2.75) is 25.0 Å². The Morgan fingerprint density at radius 1 is 1.29 bits per heavy atom. The highest BCUT2D eigenvalue weighted by molar-refractivity contribution is 7.99. The van der Waals surface area contributed by atoms with Gasteiger partial charge in [0.1, 0.15) is 5.82 Å². The first kappa shape index (κ1) is 20.0. The Balaban J connectivity index is 1.99. The summed E-state index contributed by atoms with van der Waals surface area (Å²) in [4.78, 5) is 34.4. The molecule has 3 aromatic rings. The highest BCUT2D eigenvalue weighted by Crippen LogP contribution is 2.21. The number of benzene rings is 1. The molecule has 8 heteroatoms. The van der Waals surface area contributed by atoms with Gasteiger partial charge in [-0.15, -0.1) is 0 Å². The lowest BCUT2D eigenvalue weighted by molar-refractivity contribution is -0.119. The molecule has 0 aliphatic carbocycles. The first-order valence-electron chi connectivity index (χ1n) is 8.86. The maximum absolute atomic E-state index is 13.2. The van der Waals surface area contributed by atoms with E-state index in [1.807, 2.05) is 32.0 Å². The largest absolute Gasteiger partial charge is 0.383 e. The number of aromatic nitrogens is 3. The molecule has 0 fully saturated rings. The van der Waals surface area contributed by atoms with E-state index >= 15 is 0 Å². The second-order valence-corrected chi connectivity index (χ2v) is 7.35. The van der Waals surface area contributed by atoms with Gasteiger partial charge in [0.25, 0.3) is 5.56 Å². The van der Waals surface area contributed by atoms with Gasteiger partial charge in [-0.05, 0) is 37.6 Å². The van der Waals surface area contributed by atoms with Crippen molar-refractivity contribution in [1.29, 1.82) is 0 Å². The standard InChI is InChI=1S/C20H22N4O3S/c1-13-7-6-10-21-18(13)24-19(26)15-8-4-5-9-16(15)23-20(24)28-12-17(25)22-14(2)11-27-3/h4-10,14H,11-12H2,1-3H3,(H,22,25). The van der Waals surface area contributed by atoms with Crippen molar-refractivity contribution in [3.8, 4) is 5.82 Å². The Hall–Kier alpha value is -2.71. The Morgan fingerprint density at radius 3 is 2.82 bits per heavy atom. The van der Waals surface area contributed by atoms with Crippen LogP contribution in [0.3, 0.4) is 0 Å². The minimum absolute atomic E-state index is 0.0945. The molecule has 1 amide bonds. The lowest BCUT2D eigenvalue weighted by atomic mass is 10.2. The average Bonchev–Trinajstić information content (AvgIpc) is 2.67. The summed E-state index contributed by atoms with van der Waals surface area (Å²) < 4.78 is 6.51. The van der Waals surface area contributed by atoms with Crippen LogP contribution in [0.15, 0.2) is 52.5 Å². The molecule has 1 aromatic carbocycles. The van der Waals surface area contributed by atoms with Gasteiger partial charge in [-0.2, -0.15) is 0 Å². The Kier molecular flexibility index (Phi) is 6.43. The van der Waals surface area contributed by atoms with Crippen LogP contribution in [0.4, 0.5) is 0 Å². The van der Waals surface area contributed by atoms with Gasteiger partial charge in [0, 0.05) is 19.3 Å². The van der Waals surface area contributed by atoms with Gasteiger partial charge in [-0.1, -0.05) is 30.0 Å². The van der Waals surface area contributed by atoms with Crippen molar-refractivity contribution >= 4 is 28.6 Å². The molecular weight excluding hydrogens is 376 g/mol. The predicted molar refractivity (Wildman–Crippen MR) is 110 cm³/mol. The number of ether oxygens (including phenoxy) is 1. The number of pyridine rings is 1. The predicted octanol–water partition coefficient (Wildman–Crippen LogP) is 2.33. The van der Waals surface area contributed by atoms with Crippen molar-refractivity contribution < 1.29 is 9.53 Å². The monoisotopic (exact) mass is 398 g/mol. The molecule has 3 rings (SSSR count). The van der Waals surface area contributed by atoms with Gasteiger partial charge < -0.3 is 10.1 Å². The Morgan fingerprint density at radius 2 is 2.07 bits per heavy atom. The average molecular weight is 398 g/mol. The van der Waals surface area contributed by atoms with Crippen molar-refractivity contribution in [1.82, 2.24) is 19.9 Å². The smallest absolute Gasteiger partial charge is 0.267 e. The van der Waals surface area contributed by atoms with Gasteiger partial charge in [-0.25, -0.2) is 14.5 Å². The summed E-state index contributed by atoms with van der Waals surface area (Å²) in [5, 5.41) is 3.80. The van der Waals surface area contributed by atoms with E-state index in [2.05, 4.69) is 15.3 Å². The van der Waals surface area contributed by atoms with Gasteiger partial charge >= 0.3 is 0 Å². The molecule has 1 unspecified atom stereocenters. The highest BCUT2D eigenvalue weighted by atomic mass is 32.2. The van der Waals surface area contributed by atoms with E-state index in [0.717, 1.165) is 5.56 Å². The second-order valence-electron chi connectivity index (χ2n) is 6.41. The first-order valence-corrected chi connectivity index (χ1v) is 9.84. The maximum atomic E-state index is 13.2. The maximum Gasteiger partial charge on any atom is 0.267 e. The van der Waals surface area contributed by atoms with E-state index in [9.17, 15) is 9.59 Å². The fourth-order valence-corrected chi connectivity index (χ4v) is 3.65. The second kappa shape index (κ2) is 8.99. The van der Waals surface area contributed by atoms with Crippen LogP contribution >= 0.6 is 11.8 Å². The molecule has 0 radical (unpaired) electrons. The number of aryl methyl sites for hydroxylation is 1. The number of thioether (sulfide) groups is 1. The topological polar surface area (TPSA) is 86.1 Å². The SMILES string of the molecule is COCC(C)NC(=O)CSc1nc2ccccc2c(=O)n1-c1ncccc1C. The van der Waals surface area contributed by atoms with Gasteiger partial charge in [0.15, 0.2) is 5.16 Å². The van der Waals surface area contributed by atoms with Crippen LogP contribution in [0, 0.1) is 6.92 Å². The third-order valence-electron chi connectivity index (χ3n) is 4.09. The van der Waals surface area contributed by atoms with Gasteiger partial charge in [0.05, 0.1) is 23.3 Å². The van der Waals surface area contributed by atoms with Crippen LogP contribution in [-0.4, -0.2) is 46.0 Å². The van der Waals surface area contributed by atoms with E-state index < -0.39 is 0 Å². The lowest BCUT2D eigenvalue weighted by Gasteiger charge is -2.15. The van der Waals surface area contributed by atoms with Crippen LogP contribution in [-0.2, 0) is 9.53 Å². The summed E-state index contributed by atoms with van der Waals surface area (Å²) in [7, 11) is 1.59. The van der Waals surface area contributed by atoms with Crippen LogP contribution in [0.1, 0.15) is 12.5 Å². The summed E-state index contributed by atoms with van der Waals surface area (Å²) >= 11 is 1.21. The number of hydrogen-bond donors (Lipinski definition) is 1.